The van der Waals surface area contributed by atoms with Crippen LogP contribution in [0, 0.1) is 6.92 Å². The normalized spacial score (nSPS) is 21.5. The van der Waals surface area contributed by atoms with Crippen LogP contribution in [0.15, 0.2) is 29.2 Å². The van der Waals surface area contributed by atoms with Crippen LogP contribution in [0.2, 0.25) is 0 Å². The lowest BCUT2D eigenvalue weighted by atomic mass is 9.95. The Labute approximate surface area is 172 Å². The Morgan fingerprint density at radius 1 is 1.07 bits per heavy atom. The van der Waals surface area contributed by atoms with E-state index >= 15 is 0 Å². The number of aryl methyl sites for hydroxylation is 1. The maximum atomic E-state index is 13.0. The number of hydrogen-bond donors (Lipinski definition) is 2. The fraction of sp³-hybridized carbons (Fsp3) is 0.600. The second kappa shape index (κ2) is 9.69. The van der Waals surface area contributed by atoms with Crippen molar-refractivity contribution in [2.24, 2.45) is 0 Å². The molecule has 1 aromatic rings. The number of nitrogens with one attached hydrogen (secondary N) is 2. The van der Waals surface area contributed by atoms with Gasteiger partial charge in [0.1, 0.15) is 6.23 Å². The summed E-state index contributed by atoms with van der Waals surface area (Å²) in [6.45, 7) is 2.50. The lowest BCUT2D eigenvalue weighted by molar-refractivity contribution is -0.140. The third-order valence-electron chi connectivity index (χ3n) is 5.37. The first kappa shape index (κ1) is 21.7. The second-order valence-electron chi connectivity index (χ2n) is 7.63. The lowest BCUT2D eigenvalue weighted by Crippen LogP contribution is -2.53. The van der Waals surface area contributed by atoms with E-state index in [9.17, 15) is 18.0 Å². The average Bonchev–Trinajstić information content (AvgIpc) is 2.73. The molecule has 2 amide bonds. The number of rotatable bonds is 5. The highest BCUT2D eigenvalue weighted by atomic mass is 32.2. The molecule has 1 saturated heterocycles. The molecular weight excluding hydrogens is 394 g/mol. The van der Waals surface area contributed by atoms with Crippen molar-refractivity contribution in [2.45, 2.75) is 62.6 Å². The molecule has 1 heterocycles. The van der Waals surface area contributed by atoms with Crippen molar-refractivity contribution in [2.75, 3.05) is 19.7 Å². The van der Waals surface area contributed by atoms with Crippen LogP contribution in [0.5, 0.6) is 0 Å². The second-order valence-corrected chi connectivity index (χ2v) is 9.52. The third kappa shape index (κ3) is 5.55. The Balaban J connectivity index is 1.60. The predicted molar refractivity (Wildman–Crippen MR) is 107 cm³/mol. The fourth-order valence-corrected chi connectivity index (χ4v) is 5.27. The Hall–Kier alpha value is -1.97. The molecular formula is C20H29N3O5S. The summed E-state index contributed by atoms with van der Waals surface area (Å²) in [6.07, 6.45) is 4.74. The van der Waals surface area contributed by atoms with Gasteiger partial charge in [-0.05, 0) is 38.3 Å². The van der Waals surface area contributed by atoms with Gasteiger partial charge in [-0.1, -0.05) is 37.0 Å². The third-order valence-corrected chi connectivity index (χ3v) is 7.27. The van der Waals surface area contributed by atoms with Gasteiger partial charge >= 0.3 is 11.8 Å². The molecule has 2 fully saturated rings. The van der Waals surface area contributed by atoms with Gasteiger partial charge in [-0.3, -0.25) is 9.59 Å². The molecule has 0 bridgehead atoms. The van der Waals surface area contributed by atoms with E-state index in [1.807, 2.05) is 6.92 Å². The molecule has 0 unspecified atom stereocenters. The molecule has 0 aromatic heterocycles. The fourth-order valence-electron chi connectivity index (χ4n) is 3.71. The van der Waals surface area contributed by atoms with Crippen molar-refractivity contribution in [3.8, 4) is 0 Å². The Kier molecular flexibility index (Phi) is 7.26. The molecule has 2 aliphatic rings. The van der Waals surface area contributed by atoms with Gasteiger partial charge in [0.05, 0.1) is 18.0 Å². The largest absolute Gasteiger partial charge is 0.360 e. The minimum absolute atomic E-state index is 0.0337. The standard InChI is InChI=1S/C20H29N3O5S/c1-15-8-10-17(11-9-15)29(26,27)23-12-5-13-28-18(23)14-21-19(24)20(25)22-16-6-3-2-4-7-16/h8-11,16,18H,2-7,12-14H2,1H3,(H,21,24)(H,22,25)/t18-/m1/s1. The zero-order valence-electron chi connectivity index (χ0n) is 16.7. The zero-order valence-corrected chi connectivity index (χ0v) is 17.5. The Morgan fingerprint density at radius 2 is 1.76 bits per heavy atom. The van der Waals surface area contributed by atoms with Gasteiger partial charge in [0, 0.05) is 12.6 Å². The van der Waals surface area contributed by atoms with Crippen LogP contribution in [0.25, 0.3) is 0 Å². The number of carbonyl (C=O) groups excluding carboxylic acids is 2. The smallest absolute Gasteiger partial charge is 0.309 e. The minimum Gasteiger partial charge on any atom is -0.360 e. The Morgan fingerprint density at radius 3 is 2.45 bits per heavy atom. The summed E-state index contributed by atoms with van der Waals surface area (Å²) in [4.78, 5) is 24.5. The minimum atomic E-state index is -3.76. The van der Waals surface area contributed by atoms with Gasteiger partial charge < -0.3 is 15.4 Å². The van der Waals surface area contributed by atoms with Gasteiger partial charge in [-0.25, -0.2) is 8.42 Å². The highest BCUT2D eigenvalue weighted by molar-refractivity contribution is 7.89. The molecule has 9 heteroatoms. The molecule has 29 heavy (non-hydrogen) atoms. The molecule has 1 atom stereocenters. The van der Waals surface area contributed by atoms with Crippen molar-refractivity contribution in [1.82, 2.24) is 14.9 Å². The van der Waals surface area contributed by atoms with E-state index in [4.69, 9.17) is 4.74 Å². The summed E-state index contributed by atoms with van der Waals surface area (Å²) in [5, 5.41) is 5.28. The van der Waals surface area contributed by atoms with Crippen LogP contribution >= 0.6 is 0 Å². The SMILES string of the molecule is Cc1ccc(S(=O)(=O)N2CCCO[C@@H]2CNC(=O)C(=O)NC2CCCCC2)cc1. The summed E-state index contributed by atoms with van der Waals surface area (Å²) in [5.74, 6) is -1.45. The van der Waals surface area contributed by atoms with E-state index in [1.54, 1.807) is 24.3 Å². The number of benzene rings is 1. The summed E-state index contributed by atoms with van der Waals surface area (Å²) < 4.78 is 32.9. The molecule has 1 aliphatic carbocycles. The summed E-state index contributed by atoms with van der Waals surface area (Å²) in [6, 6.07) is 6.64. The van der Waals surface area contributed by atoms with E-state index in [0.29, 0.717) is 19.6 Å². The van der Waals surface area contributed by atoms with Crippen molar-refractivity contribution in [1.29, 1.82) is 0 Å². The summed E-state index contributed by atoms with van der Waals surface area (Å²) >= 11 is 0. The monoisotopic (exact) mass is 423 g/mol. The summed E-state index contributed by atoms with van der Waals surface area (Å²) in [5.41, 5.74) is 0.964. The van der Waals surface area contributed by atoms with Crippen molar-refractivity contribution < 1.29 is 22.7 Å². The number of amides is 2. The molecule has 1 aromatic carbocycles. The molecule has 0 spiro atoms. The Bertz CT molecular complexity index is 819. The van der Waals surface area contributed by atoms with Gasteiger partial charge in [-0.15, -0.1) is 0 Å². The van der Waals surface area contributed by atoms with Gasteiger partial charge in [0.2, 0.25) is 10.0 Å². The van der Waals surface area contributed by atoms with E-state index in [-0.39, 0.29) is 17.5 Å². The van der Waals surface area contributed by atoms with Gasteiger partial charge in [0.15, 0.2) is 0 Å². The van der Waals surface area contributed by atoms with Gasteiger partial charge in [0.25, 0.3) is 0 Å². The van der Waals surface area contributed by atoms with Gasteiger partial charge in [-0.2, -0.15) is 4.31 Å². The lowest BCUT2D eigenvalue weighted by Gasteiger charge is -2.34. The topological polar surface area (TPSA) is 105 Å². The van der Waals surface area contributed by atoms with Crippen LogP contribution < -0.4 is 10.6 Å². The highest BCUT2D eigenvalue weighted by Gasteiger charge is 2.35. The molecule has 1 aliphatic heterocycles. The van der Waals surface area contributed by atoms with Crippen molar-refractivity contribution in [3.05, 3.63) is 29.8 Å². The molecule has 2 N–H and O–H groups in total. The first-order chi connectivity index (χ1) is 13.9. The number of ether oxygens (including phenoxy) is 1. The van der Waals surface area contributed by atoms with E-state index in [0.717, 1.165) is 37.7 Å². The molecule has 1 saturated carbocycles. The maximum Gasteiger partial charge on any atom is 0.309 e. The summed E-state index contributed by atoms with van der Waals surface area (Å²) in [7, 11) is -3.76. The number of hydrogen-bond acceptors (Lipinski definition) is 5. The zero-order chi connectivity index (χ0) is 20.9. The van der Waals surface area contributed by atoms with E-state index in [2.05, 4.69) is 10.6 Å². The van der Waals surface area contributed by atoms with Crippen molar-refractivity contribution in [3.63, 3.8) is 0 Å². The first-order valence-electron chi connectivity index (χ1n) is 10.2. The number of carbonyl (C=O) groups is 2. The van der Waals surface area contributed by atoms with Crippen LogP contribution in [-0.4, -0.2) is 56.5 Å². The number of nitrogens with zero attached hydrogens (tertiary/aromatic N) is 1. The predicted octanol–water partition coefficient (Wildman–Crippen LogP) is 1.30. The van der Waals surface area contributed by atoms with E-state index in [1.165, 1.54) is 4.31 Å². The molecule has 160 valence electrons. The average molecular weight is 424 g/mol. The maximum absolute atomic E-state index is 13.0. The molecule has 3 rings (SSSR count). The van der Waals surface area contributed by atoms with Crippen LogP contribution in [0.4, 0.5) is 0 Å². The quantitative estimate of drug-likeness (QED) is 0.695. The van der Waals surface area contributed by atoms with Crippen LogP contribution in [0.1, 0.15) is 44.1 Å². The molecule has 8 nitrogen and oxygen atoms in total. The van der Waals surface area contributed by atoms with Crippen LogP contribution in [-0.2, 0) is 24.3 Å². The highest BCUT2D eigenvalue weighted by Crippen LogP contribution is 2.22. The first-order valence-corrected chi connectivity index (χ1v) is 11.6. The van der Waals surface area contributed by atoms with Crippen molar-refractivity contribution >= 4 is 21.8 Å². The number of sulfonamides is 1. The van der Waals surface area contributed by atoms with E-state index < -0.39 is 28.1 Å². The van der Waals surface area contributed by atoms with Crippen LogP contribution in [0.3, 0.4) is 0 Å². The molecule has 0 radical (unpaired) electrons.